The Morgan fingerprint density at radius 3 is 2.05 bits per heavy atom. The zero-order valence-electron chi connectivity index (χ0n) is 27.0. The number of carbonyl (C=O) groups excluding carboxylic acids is 1. The number of rotatable bonds is 16. The van der Waals surface area contributed by atoms with Crippen LogP contribution in [0, 0.1) is 11.8 Å². The Bertz CT molecular complexity index is 636. The minimum atomic E-state index is 0.566. The zero-order valence-corrected chi connectivity index (χ0v) is 27.0. The zero-order chi connectivity index (χ0) is 29.1. The highest BCUT2D eigenvalue weighted by Gasteiger charge is 2.17. The molecule has 2 fully saturated rings. The summed E-state index contributed by atoms with van der Waals surface area (Å²) in [5.74, 6) is 2.63. The largest absolute Gasteiger partial charge is 0.494 e. The second kappa shape index (κ2) is 26.8. The van der Waals surface area contributed by atoms with Crippen molar-refractivity contribution in [2.75, 3.05) is 32.8 Å². The van der Waals surface area contributed by atoms with Crippen molar-refractivity contribution < 1.29 is 14.3 Å². The predicted octanol–water partition coefficient (Wildman–Crippen LogP) is 9.53. The molecule has 1 atom stereocenters. The van der Waals surface area contributed by atoms with E-state index in [0.717, 1.165) is 62.8 Å². The molecule has 1 aliphatic heterocycles. The topological polar surface area (TPSA) is 38.8 Å². The van der Waals surface area contributed by atoms with Crippen molar-refractivity contribution in [2.45, 2.75) is 138 Å². The molecule has 0 radical (unpaired) electrons. The third kappa shape index (κ3) is 22.0. The van der Waals surface area contributed by atoms with Gasteiger partial charge >= 0.3 is 0 Å². The minimum absolute atomic E-state index is 0.566. The molecule has 4 nitrogen and oxygen atoms in total. The van der Waals surface area contributed by atoms with E-state index in [1.165, 1.54) is 76.6 Å². The first-order valence-corrected chi connectivity index (χ1v) is 16.5. The third-order valence-corrected chi connectivity index (χ3v) is 7.23. The maximum Gasteiger partial charge on any atom is 0.119 e. The van der Waals surface area contributed by atoms with Gasteiger partial charge in [0.2, 0.25) is 0 Å². The maximum absolute atomic E-state index is 9.97. The van der Waals surface area contributed by atoms with E-state index in [2.05, 4.69) is 63.8 Å². The molecule has 1 aromatic carbocycles. The summed E-state index contributed by atoms with van der Waals surface area (Å²) in [5.41, 5.74) is 1.43. The Labute approximate surface area is 243 Å². The summed E-state index contributed by atoms with van der Waals surface area (Å²) < 4.78 is 11.3. The number of carbonyl (C=O) groups is 1. The molecule has 1 heterocycles. The molecule has 2 aliphatic rings. The SMILES string of the molecule is CC.CCC(C)C.CCCCOc1ccc(CC(C)CN2CCCC2)cc1.O=CCCCCCOC1CCC1. The summed E-state index contributed by atoms with van der Waals surface area (Å²) in [5, 5.41) is 0. The van der Waals surface area contributed by atoms with Crippen molar-refractivity contribution >= 4 is 6.29 Å². The van der Waals surface area contributed by atoms with Crippen molar-refractivity contribution in [1.29, 1.82) is 0 Å². The first-order valence-electron chi connectivity index (χ1n) is 16.5. The van der Waals surface area contributed by atoms with Crippen LogP contribution in [0.2, 0.25) is 0 Å². The number of likely N-dealkylation sites (tertiary alicyclic amines) is 1. The molecule has 0 amide bonds. The average Bonchev–Trinajstić information content (AvgIpc) is 3.43. The van der Waals surface area contributed by atoms with Gasteiger partial charge in [0.05, 0.1) is 12.7 Å². The second-order valence-electron chi connectivity index (χ2n) is 11.4. The smallest absolute Gasteiger partial charge is 0.119 e. The quantitative estimate of drug-likeness (QED) is 0.153. The summed E-state index contributed by atoms with van der Waals surface area (Å²) in [6.45, 7) is 20.8. The normalized spacial score (nSPS) is 15.6. The molecule has 1 aliphatic carbocycles. The second-order valence-corrected chi connectivity index (χ2v) is 11.4. The van der Waals surface area contributed by atoms with Crippen LogP contribution in [0.4, 0.5) is 0 Å². The van der Waals surface area contributed by atoms with Gasteiger partial charge in [-0.1, -0.05) is 79.9 Å². The van der Waals surface area contributed by atoms with Crippen LogP contribution in [0.3, 0.4) is 0 Å². The van der Waals surface area contributed by atoms with Gasteiger partial charge in [-0.05, 0) is 100 Å². The van der Waals surface area contributed by atoms with E-state index < -0.39 is 0 Å². The van der Waals surface area contributed by atoms with Crippen LogP contribution < -0.4 is 4.74 Å². The summed E-state index contributed by atoms with van der Waals surface area (Å²) in [6, 6.07) is 8.69. The highest BCUT2D eigenvalue weighted by Crippen LogP contribution is 2.22. The van der Waals surface area contributed by atoms with Crippen LogP contribution in [0.25, 0.3) is 0 Å². The van der Waals surface area contributed by atoms with E-state index in [1.807, 2.05) is 13.8 Å². The molecular formula is C35H65NO3. The van der Waals surface area contributed by atoms with Gasteiger partial charge in [0, 0.05) is 19.6 Å². The van der Waals surface area contributed by atoms with Crippen molar-refractivity contribution in [3.63, 3.8) is 0 Å². The Kier molecular flexibility index (Phi) is 25.9. The van der Waals surface area contributed by atoms with Gasteiger partial charge in [0.25, 0.3) is 0 Å². The van der Waals surface area contributed by atoms with E-state index in [0.29, 0.717) is 12.5 Å². The number of hydrogen-bond acceptors (Lipinski definition) is 4. The Balaban J connectivity index is 0.000000644. The van der Waals surface area contributed by atoms with E-state index in [4.69, 9.17) is 9.47 Å². The van der Waals surface area contributed by atoms with Crippen LogP contribution in [0.5, 0.6) is 5.75 Å². The van der Waals surface area contributed by atoms with Gasteiger partial charge in [0.15, 0.2) is 0 Å². The van der Waals surface area contributed by atoms with Gasteiger partial charge < -0.3 is 19.2 Å². The fourth-order valence-corrected chi connectivity index (χ4v) is 4.22. The van der Waals surface area contributed by atoms with Gasteiger partial charge in [-0.3, -0.25) is 0 Å². The lowest BCUT2D eigenvalue weighted by molar-refractivity contribution is -0.108. The number of aldehydes is 1. The van der Waals surface area contributed by atoms with Crippen LogP contribution in [0.1, 0.15) is 131 Å². The molecule has 228 valence electrons. The lowest BCUT2D eigenvalue weighted by atomic mass is 9.96. The van der Waals surface area contributed by atoms with Gasteiger partial charge in [-0.2, -0.15) is 0 Å². The number of unbranched alkanes of at least 4 members (excludes halogenated alkanes) is 4. The van der Waals surface area contributed by atoms with Crippen molar-refractivity contribution in [3.8, 4) is 5.75 Å². The van der Waals surface area contributed by atoms with Gasteiger partial charge in [-0.25, -0.2) is 0 Å². The first-order chi connectivity index (χ1) is 19.0. The fraction of sp³-hybridized carbons (Fsp3) is 0.800. The summed E-state index contributed by atoms with van der Waals surface area (Å²) in [7, 11) is 0. The van der Waals surface area contributed by atoms with Crippen LogP contribution in [-0.4, -0.2) is 50.1 Å². The van der Waals surface area contributed by atoms with Crippen molar-refractivity contribution in [2.24, 2.45) is 11.8 Å². The molecule has 0 aromatic heterocycles. The maximum atomic E-state index is 9.97. The van der Waals surface area contributed by atoms with Crippen LogP contribution in [-0.2, 0) is 16.0 Å². The van der Waals surface area contributed by atoms with Crippen LogP contribution >= 0.6 is 0 Å². The molecule has 3 rings (SSSR count). The molecule has 39 heavy (non-hydrogen) atoms. The Hall–Kier alpha value is -1.39. The monoisotopic (exact) mass is 547 g/mol. The standard InChI is InChI=1S/C18H29NO.C10H18O2.C5H12.C2H6/c1-3-4-13-20-18-9-7-17(8-10-18)14-16(2)15-19-11-5-6-12-19;11-8-3-1-2-4-9-12-10-6-5-7-10;1-4-5(2)3;1-2/h7-10,16H,3-6,11-15H2,1-2H3;8,10H,1-7,9H2;5H,4H2,1-3H3;1-2H3. The highest BCUT2D eigenvalue weighted by molar-refractivity contribution is 5.48. The van der Waals surface area contributed by atoms with E-state index in [-0.39, 0.29) is 0 Å². The molecule has 0 bridgehead atoms. The van der Waals surface area contributed by atoms with E-state index in [1.54, 1.807) is 0 Å². The van der Waals surface area contributed by atoms with Crippen molar-refractivity contribution in [1.82, 2.24) is 4.90 Å². The molecule has 1 saturated carbocycles. The number of ether oxygens (including phenoxy) is 2. The first kappa shape index (κ1) is 37.6. The number of benzene rings is 1. The lowest BCUT2D eigenvalue weighted by Gasteiger charge is -2.25. The Morgan fingerprint density at radius 2 is 1.54 bits per heavy atom. The molecular weight excluding hydrogens is 482 g/mol. The number of nitrogens with zero attached hydrogens (tertiary/aromatic N) is 1. The third-order valence-electron chi connectivity index (χ3n) is 7.23. The van der Waals surface area contributed by atoms with Crippen LogP contribution in [0.15, 0.2) is 24.3 Å². The summed E-state index contributed by atoms with van der Waals surface area (Å²) in [4.78, 5) is 12.6. The highest BCUT2D eigenvalue weighted by atomic mass is 16.5. The molecule has 0 spiro atoms. The minimum Gasteiger partial charge on any atom is -0.494 e. The van der Waals surface area contributed by atoms with E-state index >= 15 is 0 Å². The lowest BCUT2D eigenvalue weighted by Crippen LogP contribution is -2.26. The molecule has 1 aromatic rings. The molecule has 4 heteroatoms. The summed E-state index contributed by atoms with van der Waals surface area (Å²) >= 11 is 0. The van der Waals surface area contributed by atoms with Crippen molar-refractivity contribution in [3.05, 3.63) is 29.8 Å². The predicted molar refractivity (Wildman–Crippen MR) is 170 cm³/mol. The number of hydrogen-bond donors (Lipinski definition) is 0. The molecule has 0 N–H and O–H groups in total. The van der Waals surface area contributed by atoms with Gasteiger partial charge in [-0.15, -0.1) is 0 Å². The summed E-state index contributed by atoms with van der Waals surface area (Å²) in [6.07, 6.45) is 17.0. The van der Waals surface area contributed by atoms with E-state index in [9.17, 15) is 4.79 Å². The fourth-order valence-electron chi connectivity index (χ4n) is 4.22. The van der Waals surface area contributed by atoms with Gasteiger partial charge in [0.1, 0.15) is 12.0 Å². The molecule has 1 saturated heterocycles. The molecule has 1 unspecified atom stereocenters. The average molecular weight is 548 g/mol. The Morgan fingerprint density at radius 1 is 0.897 bits per heavy atom.